The van der Waals surface area contributed by atoms with Crippen molar-refractivity contribution in [2.24, 2.45) is 17.6 Å². The molecule has 2 atom stereocenters. The predicted octanol–water partition coefficient (Wildman–Crippen LogP) is 1.29. The van der Waals surface area contributed by atoms with Crippen LogP contribution in [0, 0.1) is 11.8 Å². The lowest BCUT2D eigenvalue weighted by atomic mass is 9.97. The summed E-state index contributed by atoms with van der Waals surface area (Å²) in [5.41, 5.74) is 7.38. The quantitative estimate of drug-likeness (QED) is 0.818. The van der Waals surface area contributed by atoms with Gasteiger partial charge in [0.05, 0.1) is 6.61 Å². The predicted molar refractivity (Wildman–Crippen MR) is 55.3 cm³/mol. The summed E-state index contributed by atoms with van der Waals surface area (Å²) in [6.07, 6.45) is 3.77. The Morgan fingerprint density at radius 3 is 3.07 bits per heavy atom. The smallest absolute Gasteiger partial charge is 0.293 e. The monoisotopic (exact) mass is 213 g/mol. The van der Waals surface area contributed by atoms with E-state index in [4.69, 9.17) is 10.5 Å². The van der Waals surface area contributed by atoms with E-state index in [1.54, 1.807) is 5.51 Å². The Kier molecular flexibility index (Phi) is 3.31. The highest BCUT2D eigenvalue weighted by molar-refractivity contribution is 7.11. The van der Waals surface area contributed by atoms with Gasteiger partial charge in [0.25, 0.3) is 5.19 Å². The second-order valence-corrected chi connectivity index (χ2v) is 4.50. The Morgan fingerprint density at radius 1 is 1.50 bits per heavy atom. The number of nitrogens with zero attached hydrogens (tertiary/aromatic N) is 2. The van der Waals surface area contributed by atoms with Crippen LogP contribution in [0.3, 0.4) is 0 Å². The van der Waals surface area contributed by atoms with E-state index in [9.17, 15) is 0 Å². The van der Waals surface area contributed by atoms with E-state index >= 15 is 0 Å². The highest BCUT2D eigenvalue weighted by Crippen LogP contribution is 2.31. The van der Waals surface area contributed by atoms with Gasteiger partial charge in [-0.1, -0.05) is 17.8 Å². The minimum atomic E-state index is 0.615. The third-order valence-electron chi connectivity index (χ3n) is 2.88. The van der Waals surface area contributed by atoms with Crippen LogP contribution < -0.4 is 10.5 Å². The molecule has 4 nitrogen and oxygen atoms in total. The van der Waals surface area contributed by atoms with E-state index in [-0.39, 0.29) is 0 Å². The SMILES string of the molecule is NCC1CCCC1COc1nncs1. The first-order chi connectivity index (χ1) is 6.90. The Bertz CT molecular complexity index is 265. The van der Waals surface area contributed by atoms with Crippen LogP contribution in [0.5, 0.6) is 5.19 Å². The Hall–Kier alpha value is -0.680. The third-order valence-corrected chi connectivity index (χ3v) is 3.48. The number of ether oxygens (including phenoxy) is 1. The second kappa shape index (κ2) is 4.70. The van der Waals surface area contributed by atoms with Crippen molar-refractivity contribution in [3.05, 3.63) is 5.51 Å². The van der Waals surface area contributed by atoms with Crippen molar-refractivity contribution in [3.8, 4) is 5.19 Å². The number of nitrogens with two attached hydrogens (primary N) is 1. The third kappa shape index (κ3) is 2.22. The highest BCUT2D eigenvalue weighted by Gasteiger charge is 2.26. The number of hydrogen-bond donors (Lipinski definition) is 1. The van der Waals surface area contributed by atoms with Crippen molar-refractivity contribution in [2.45, 2.75) is 19.3 Å². The molecule has 1 fully saturated rings. The van der Waals surface area contributed by atoms with Gasteiger partial charge in [-0.2, -0.15) is 0 Å². The lowest BCUT2D eigenvalue weighted by molar-refractivity contribution is 0.215. The van der Waals surface area contributed by atoms with Gasteiger partial charge in [0, 0.05) is 0 Å². The molecular weight excluding hydrogens is 198 g/mol. The van der Waals surface area contributed by atoms with Gasteiger partial charge in [-0.15, -0.1) is 10.2 Å². The first-order valence-electron chi connectivity index (χ1n) is 4.99. The average molecular weight is 213 g/mol. The van der Waals surface area contributed by atoms with Crippen molar-refractivity contribution >= 4 is 11.3 Å². The molecule has 0 aliphatic heterocycles. The van der Waals surface area contributed by atoms with E-state index in [1.807, 2.05) is 0 Å². The maximum Gasteiger partial charge on any atom is 0.293 e. The van der Waals surface area contributed by atoms with Crippen LogP contribution in [0.2, 0.25) is 0 Å². The molecule has 1 aromatic rings. The first kappa shape index (κ1) is 9.86. The zero-order valence-electron chi connectivity index (χ0n) is 8.06. The standard InChI is InChI=1S/C9H15N3OS/c10-4-7-2-1-3-8(7)5-13-9-12-11-6-14-9/h6-8H,1-5,10H2. The lowest BCUT2D eigenvalue weighted by Crippen LogP contribution is -2.23. The number of hydrogen-bond acceptors (Lipinski definition) is 5. The summed E-state index contributed by atoms with van der Waals surface area (Å²) >= 11 is 1.44. The van der Waals surface area contributed by atoms with Crippen LogP contribution in [0.25, 0.3) is 0 Å². The number of aromatic nitrogens is 2. The molecule has 1 heterocycles. The molecule has 2 unspecified atom stereocenters. The van der Waals surface area contributed by atoms with Crippen LogP contribution in [0.4, 0.5) is 0 Å². The zero-order chi connectivity index (χ0) is 9.80. The van der Waals surface area contributed by atoms with E-state index in [1.165, 1.54) is 30.6 Å². The molecule has 1 saturated carbocycles. The van der Waals surface area contributed by atoms with Gasteiger partial charge < -0.3 is 10.5 Å². The fourth-order valence-electron chi connectivity index (χ4n) is 2.05. The minimum absolute atomic E-state index is 0.615. The maximum absolute atomic E-state index is 5.69. The lowest BCUT2D eigenvalue weighted by Gasteiger charge is -2.16. The molecular formula is C9H15N3OS. The van der Waals surface area contributed by atoms with Gasteiger partial charge >= 0.3 is 0 Å². The van der Waals surface area contributed by atoms with E-state index in [0.717, 1.165) is 13.2 Å². The summed E-state index contributed by atoms with van der Waals surface area (Å²) in [7, 11) is 0. The number of rotatable bonds is 4. The molecule has 0 spiro atoms. The highest BCUT2D eigenvalue weighted by atomic mass is 32.1. The van der Waals surface area contributed by atoms with Gasteiger partial charge in [-0.25, -0.2) is 0 Å². The zero-order valence-corrected chi connectivity index (χ0v) is 8.87. The Labute approximate surface area is 87.5 Å². The van der Waals surface area contributed by atoms with Crippen LogP contribution in [-0.2, 0) is 0 Å². The fraction of sp³-hybridized carbons (Fsp3) is 0.778. The van der Waals surface area contributed by atoms with Crippen molar-refractivity contribution < 1.29 is 4.74 Å². The molecule has 0 aromatic carbocycles. The van der Waals surface area contributed by atoms with Crippen LogP contribution in [0.1, 0.15) is 19.3 Å². The summed E-state index contributed by atoms with van der Waals surface area (Å²) in [5, 5.41) is 8.24. The maximum atomic E-state index is 5.69. The van der Waals surface area contributed by atoms with Gasteiger partial charge in [-0.05, 0) is 31.2 Å². The molecule has 2 rings (SSSR count). The minimum Gasteiger partial charge on any atom is -0.469 e. The molecule has 78 valence electrons. The van der Waals surface area contributed by atoms with Crippen LogP contribution >= 0.6 is 11.3 Å². The van der Waals surface area contributed by atoms with Gasteiger partial charge in [0.1, 0.15) is 5.51 Å². The summed E-state index contributed by atoms with van der Waals surface area (Å²) in [4.78, 5) is 0. The summed E-state index contributed by atoms with van der Waals surface area (Å²) in [6.45, 7) is 1.53. The molecule has 0 radical (unpaired) electrons. The van der Waals surface area contributed by atoms with Crippen molar-refractivity contribution in [2.75, 3.05) is 13.2 Å². The Morgan fingerprint density at radius 2 is 2.36 bits per heavy atom. The molecule has 1 aliphatic rings. The van der Waals surface area contributed by atoms with Gasteiger partial charge in [0.15, 0.2) is 0 Å². The molecule has 0 amide bonds. The van der Waals surface area contributed by atoms with Gasteiger partial charge in [-0.3, -0.25) is 0 Å². The van der Waals surface area contributed by atoms with Crippen molar-refractivity contribution in [1.82, 2.24) is 10.2 Å². The fourth-order valence-corrected chi connectivity index (χ4v) is 2.46. The molecule has 1 aliphatic carbocycles. The molecule has 14 heavy (non-hydrogen) atoms. The van der Waals surface area contributed by atoms with E-state index in [0.29, 0.717) is 17.0 Å². The molecule has 2 N–H and O–H groups in total. The molecule has 1 aromatic heterocycles. The van der Waals surface area contributed by atoms with Crippen LogP contribution in [-0.4, -0.2) is 23.3 Å². The average Bonchev–Trinajstić information content (AvgIpc) is 2.85. The molecule has 0 saturated heterocycles. The summed E-state index contributed by atoms with van der Waals surface area (Å²) in [5.74, 6) is 1.26. The van der Waals surface area contributed by atoms with Crippen LogP contribution in [0.15, 0.2) is 5.51 Å². The van der Waals surface area contributed by atoms with E-state index in [2.05, 4.69) is 10.2 Å². The molecule has 0 bridgehead atoms. The second-order valence-electron chi connectivity index (χ2n) is 3.70. The normalized spacial score (nSPS) is 26.6. The topological polar surface area (TPSA) is 61.0 Å². The van der Waals surface area contributed by atoms with Crippen molar-refractivity contribution in [3.63, 3.8) is 0 Å². The summed E-state index contributed by atoms with van der Waals surface area (Å²) < 4.78 is 5.55. The molecule has 5 heteroatoms. The summed E-state index contributed by atoms with van der Waals surface area (Å²) in [6, 6.07) is 0. The van der Waals surface area contributed by atoms with Gasteiger partial charge in [0.2, 0.25) is 0 Å². The van der Waals surface area contributed by atoms with E-state index < -0.39 is 0 Å². The van der Waals surface area contributed by atoms with Crippen molar-refractivity contribution in [1.29, 1.82) is 0 Å². The first-order valence-corrected chi connectivity index (χ1v) is 5.87. The largest absolute Gasteiger partial charge is 0.469 e. The Balaban J connectivity index is 1.80.